The molecule has 92 valence electrons. The molecule has 4 heteroatoms. The molecule has 2 aromatic rings. The second-order valence-electron chi connectivity index (χ2n) is 4.41. The van der Waals surface area contributed by atoms with E-state index in [9.17, 15) is 4.39 Å². The lowest BCUT2D eigenvalue weighted by atomic mass is 10.2. The summed E-state index contributed by atoms with van der Waals surface area (Å²) < 4.78 is 14.3. The van der Waals surface area contributed by atoms with Crippen molar-refractivity contribution < 1.29 is 4.39 Å². The zero-order valence-electron chi connectivity index (χ0n) is 9.95. The molecular weight excluding hydrogens is 295 g/mol. The highest BCUT2D eigenvalue weighted by Gasteiger charge is 2.22. The van der Waals surface area contributed by atoms with Gasteiger partial charge in [-0.05, 0) is 59.1 Å². The molecule has 0 saturated heterocycles. The Morgan fingerprint density at radius 3 is 2.89 bits per heavy atom. The Bertz CT molecular complexity index is 613. The van der Waals surface area contributed by atoms with Gasteiger partial charge in [0.25, 0.3) is 0 Å². The minimum atomic E-state index is -0.200. The zero-order valence-corrected chi connectivity index (χ0v) is 11.5. The van der Waals surface area contributed by atoms with Crippen LogP contribution < -0.4 is 4.90 Å². The van der Waals surface area contributed by atoms with Crippen LogP contribution in [0.2, 0.25) is 0 Å². The number of anilines is 2. The Morgan fingerprint density at radius 1 is 1.28 bits per heavy atom. The summed E-state index contributed by atoms with van der Waals surface area (Å²) in [5, 5.41) is 0. The summed E-state index contributed by atoms with van der Waals surface area (Å²) in [6.07, 6.45) is 0.937. The number of pyridine rings is 1. The number of fused-ring (bicyclic) bond motifs is 1. The molecule has 1 aromatic carbocycles. The minimum absolute atomic E-state index is 0.200. The van der Waals surface area contributed by atoms with Crippen LogP contribution in [0.1, 0.15) is 11.3 Å². The maximum Gasteiger partial charge on any atom is 0.133 e. The molecule has 3 rings (SSSR count). The molecule has 1 aliphatic heterocycles. The second-order valence-corrected chi connectivity index (χ2v) is 5.27. The highest BCUT2D eigenvalue weighted by Crippen LogP contribution is 2.34. The van der Waals surface area contributed by atoms with Crippen LogP contribution in [0.3, 0.4) is 0 Å². The zero-order chi connectivity index (χ0) is 12.7. The monoisotopic (exact) mass is 306 g/mol. The third-order valence-corrected chi connectivity index (χ3v) is 4.06. The van der Waals surface area contributed by atoms with Gasteiger partial charge < -0.3 is 4.90 Å². The first-order valence-electron chi connectivity index (χ1n) is 5.84. The normalized spacial score (nSPS) is 13.8. The Morgan fingerprint density at radius 2 is 2.11 bits per heavy atom. The number of nitrogens with zero attached hydrogens (tertiary/aromatic N) is 2. The molecule has 0 aliphatic carbocycles. The van der Waals surface area contributed by atoms with Gasteiger partial charge in [0, 0.05) is 16.7 Å². The van der Waals surface area contributed by atoms with E-state index in [2.05, 4.69) is 25.8 Å². The fourth-order valence-electron chi connectivity index (χ4n) is 2.27. The highest BCUT2D eigenvalue weighted by molar-refractivity contribution is 9.10. The predicted octanol–water partition coefficient (Wildman–Crippen LogP) is 3.99. The van der Waals surface area contributed by atoms with E-state index in [1.807, 2.05) is 25.1 Å². The molecular formula is C14H12BrFN2. The summed E-state index contributed by atoms with van der Waals surface area (Å²) in [5.41, 5.74) is 3.06. The van der Waals surface area contributed by atoms with Gasteiger partial charge in [-0.2, -0.15) is 0 Å². The standard InChI is InChI=1S/C14H12BrFN2/c1-9-12(15)4-5-14(17-9)18-7-6-10-2-3-11(16)8-13(10)18/h2-5,8H,6-7H2,1H3. The van der Waals surface area contributed by atoms with E-state index in [1.165, 1.54) is 11.6 Å². The molecule has 1 aromatic heterocycles. The summed E-state index contributed by atoms with van der Waals surface area (Å²) >= 11 is 3.44. The number of halogens is 2. The lowest BCUT2D eigenvalue weighted by Gasteiger charge is -2.19. The van der Waals surface area contributed by atoms with Gasteiger partial charge in [0.15, 0.2) is 0 Å². The molecule has 2 nitrogen and oxygen atoms in total. The van der Waals surface area contributed by atoms with Gasteiger partial charge in [0.05, 0.1) is 5.69 Å². The maximum atomic E-state index is 13.3. The first-order chi connectivity index (χ1) is 8.65. The third kappa shape index (κ3) is 1.90. The van der Waals surface area contributed by atoms with Crippen LogP contribution in [0.25, 0.3) is 0 Å². The van der Waals surface area contributed by atoms with E-state index in [4.69, 9.17) is 0 Å². The van der Waals surface area contributed by atoms with Crippen molar-refractivity contribution in [1.82, 2.24) is 4.98 Å². The van der Waals surface area contributed by atoms with Crippen molar-refractivity contribution in [3.8, 4) is 0 Å². The molecule has 0 atom stereocenters. The quantitative estimate of drug-likeness (QED) is 0.792. The van der Waals surface area contributed by atoms with Crippen molar-refractivity contribution in [1.29, 1.82) is 0 Å². The smallest absolute Gasteiger partial charge is 0.133 e. The number of rotatable bonds is 1. The van der Waals surface area contributed by atoms with Crippen LogP contribution in [0.4, 0.5) is 15.9 Å². The van der Waals surface area contributed by atoms with E-state index >= 15 is 0 Å². The summed E-state index contributed by atoms with van der Waals surface area (Å²) in [6, 6.07) is 8.90. The van der Waals surface area contributed by atoms with Crippen LogP contribution in [-0.4, -0.2) is 11.5 Å². The molecule has 0 radical (unpaired) electrons. The fraction of sp³-hybridized carbons (Fsp3) is 0.214. The van der Waals surface area contributed by atoms with E-state index in [0.29, 0.717) is 0 Å². The number of aryl methyl sites for hydroxylation is 1. The Hall–Kier alpha value is -1.42. The lowest BCUT2D eigenvalue weighted by molar-refractivity contribution is 0.628. The van der Waals surface area contributed by atoms with E-state index in [1.54, 1.807) is 6.07 Å². The summed E-state index contributed by atoms with van der Waals surface area (Å²) in [4.78, 5) is 6.61. The van der Waals surface area contributed by atoms with Gasteiger partial charge in [-0.1, -0.05) is 6.07 Å². The molecule has 0 fully saturated rings. The topological polar surface area (TPSA) is 16.1 Å². The number of hydrogen-bond donors (Lipinski definition) is 0. The molecule has 18 heavy (non-hydrogen) atoms. The van der Waals surface area contributed by atoms with E-state index in [-0.39, 0.29) is 5.82 Å². The van der Waals surface area contributed by atoms with E-state index < -0.39 is 0 Å². The molecule has 0 spiro atoms. The molecule has 2 heterocycles. The van der Waals surface area contributed by atoms with E-state index in [0.717, 1.165) is 34.6 Å². The van der Waals surface area contributed by atoms with Crippen LogP contribution in [0.5, 0.6) is 0 Å². The van der Waals surface area contributed by atoms with Crippen molar-refractivity contribution in [3.63, 3.8) is 0 Å². The number of aromatic nitrogens is 1. The summed E-state index contributed by atoms with van der Waals surface area (Å²) in [7, 11) is 0. The van der Waals surface area contributed by atoms with Gasteiger partial charge in [-0.25, -0.2) is 9.37 Å². The average Bonchev–Trinajstić information content (AvgIpc) is 2.75. The second kappa shape index (κ2) is 4.35. The molecule has 0 unspecified atom stereocenters. The van der Waals surface area contributed by atoms with Gasteiger partial charge in [0.2, 0.25) is 0 Å². The number of benzene rings is 1. The van der Waals surface area contributed by atoms with Crippen molar-refractivity contribution in [2.24, 2.45) is 0 Å². The minimum Gasteiger partial charge on any atom is -0.326 e. The van der Waals surface area contributed by atoms with Gasteiger partial charge >= 0.3 is 0 Å². The third-order valence-electron chi connectivity index (χ3n) is 3.23. The largest absolute Gasteiger partial charge is 0.326 e. The summed E-state index contributed by atoms with van der Waals surface area (Å²) in [5.74, 6) is 0.675. The maximum absolute atomic E-state index is 13.3. The first kappa shape index (κ1) is 11.7. The Labute approximate surface area is 114 Å². The fourth-order valence-corrected chi connectivity index (χ4v) is 2.49. The van der Waals surface area contributed by atoms with Crippen molar-refractivity contribution >= 4 is 27.4 Å². The van der Waals surface area contributed by atoms with Crippen LogP contribution in [-0.2, 0) is 6.42 Å². The molecule has 0 saturated carbocycles. The Kier molecular flexibility index (Phi) is 2.82. The van der Waals surface area contributed by atoms with Gasteiger partial charge in [0.1, 0.15) is 11.6 Å². The summed E-state index contributed by atoms with van der Waals surface area (Å²) in [6.45, 7) is 2.81. The SMILES string of the molecule is Cc1nc(N2CCc3ccc(F)cc32)ccc1Br. The van der Waals surface area contributed by atoms with Gasteiger partial charge in [-0.3, -0.25) is 0 Å². The predicted molar refractivity (Wildman–Crippen MR) is 73.8 cm³/mol. The lowest BCUT2D eigenvalue weighted by Crippen LogP contribution is -2.15. The molecule has 1 aliphatic rings. The highest BCUT2D eigenvalue weighted by atomic mass is 79.9. The van der Waals surface area contributed by atoms with Crippen molar-refractivity contribution in [2.75, 3.05) is 11.4 Å². The van der Waals surface area contributed by atoms with Crippen molar-refractivity contribution in [2.45, 2.75) is 13.3 Å². The average molecular weight is 307 g/mol. The Balaban J connectivity index is 2.05. The van der Waals surface area contributed by atoms with Crippen LogP contribution >= 0.6 is 15.9 Å². The molecule has 0 N–H and O–H groups in total. The molecule has 0 amide bonds. The molecule has 0 bridgehead atoms. The van der Waals surface area contributed by atoms with Crippen LogP contribution in [0, 0.1) is 12.7 Å². The van der Waals surface area contributed by atoms with Crippen molar-refractivity contribution in [3.05, 3.63) is 51.9 Å². The van der Waals surface area contributed by atoms with Crippen LogP contribution in [0.15, 0.2) is 34.8 Å². The first-order valence-corrected chi connectivity index (χ1v) is 6.63. The van der Waals surface area contributed by atoms with Gasteiger partial charge in [-0.15, -0.1) is 0 Å². The number of hydrogen-bond acceptors (Lipinski definition) is 2.